The van der Waals surface area contributed by atoms with Gasteiger partial charge in [-0.05, 0) is 50.9 Å². The van der Waals surface area contributed by atoms with Crippen molar-refractivity contribution in [2.75, 3.05) is 31.6 Å². The summed E-state index contributed by atoms with van der Waals surface area (Å²) < 4.78 is 0. The van der Waals surface area contributed by atoms with E-state index in [4.69, 9.17) is 0 Å². The molecule has 2 aliphatic rings. The van der Waals surface area contributed by atoms with Gasteiger partial charge >= 0.3 is 0 Å². The Morgan fingerprint density at radius 1 is 1.44 bits per heavy atom. The lowest BCUT2D eigenvalue weighted by molar-refractivity contribution is 0.198. The Morgan fingerprint density at radius 3 is 2.88 bits per heavy atom. The van der Waals surface area contributed by atoms with E-state index in [0.29, 0.717) is 0 Å². The summed E-state index contributed by atoms with van der Waals surface area (Å²) in [4.78, 5) is 2.75. The Labute approximate surface area is 105 Å². The molecule has 1 aliphatic heterocycles. The van der Waals surface area contributed by atoms with Crippen molar-refractivity contribution in [3.05, 3.63) is 0 Å². The van der Waals surface area contributed by atoms with Crippen molar-refractivity contribution < 1.29 is 0 Å². The Morgan fingerprint density at radius 2 is 2.25 bits per heavy atom. The third kappa shape index (κ3) is 3.38. The zero-order chi connectivity index (χ0) is 11.4. The topological polar surface area (TPSA) is 15.3 Å². The van der Waals surface area contributed by atoms with Crippen molar-refractivity contribution in [2.24, 2.45) is 5.92 Å². The predicted molar refractivity (Wildman–Crippen MR) is 73.2 cm³/mol. The second-order valence-corrected chi connectivity index (χ2v) is 6.17. The van der Waals surface area contributed by atoms with E-state index >= 15 is 0 Å². The first kappa shape index (κ1) is 12.7. The van der Waals surface area contributed by atoms with Crippen LogP contribution in [0, 0.1) is 5.92 Å². The van der Waals surface area contributed by atoms with Crippen LogP contribution >= 0.6 is 11.8 Å². The molecule has 0 amide bonds. The molecule has 3 heteroatoms. The number of hydrogen-bond acceptors (Lipinski definition) is 3. The maximum Gasteiger partial charge on any atom is 0.0223 e. The first-order chi connectivity index (χ1) is 7.85. The summed E-state index contributed by atoms with van der Waals surface area (Å²) in [6.45, 7) is 6.16. The van der Waals surface area contributed by atoms with Gasteiger partial charge in [0, 0.05) is 24.4 Å². The molecule has 16 heavy (non-hydrogen) atoms. The number of thioether (sulfide) groups is 1. The fourth-order valence-corrected chi connectivity index (χ4v) is 3.63. The molecular formula is C13H26N2S. The lowest BCUT2D eigenvalue weighted by Gasteiger charge is -2.31. The van der Waals surface area contributed by atoms with E-state index < -0.39 is 0 Å². The van der Waals surface area contributed by atoms with E-state index in [1.807, 2.05) is 11.8 Å². The summed E-state index contributed by atoms with van der Waals surface area (Å²) >= 11 is 2.00. The maximum absolute atomic E-state index is 3.75. The van der Waals surface area contributed by atoms with Crippen LogP contribution in [0.15, 0.2) is 0 Å². The van der Waals surface area contributed by atoms with Gasteiger partial charge in [0.2, 0.25) is 0 Å². The van der Waals surface area contributed by atoms with Gasteiger partial charge in [-0.3, -0.25) is 4.90 Å². The van der Waals surface area contributed by atoms with Crippen molar-refractivity contribution in [1.29, 1.82) is 0 Å². The van der Waals surface area contributed by atoms with Crippen molar-refractivity contribution in [3.63, 3.8) is 0 Å². The van der Waals surface area contributed by atoms with Crippen LogP contribution in [0.4, 0.5) is 0 Å². The van der Waals surface area contributed by atoms with Crippen LogP contribution in [0.5, 0.6) is 0 Å². The van der Waals surface area contributed by atoms with E-state index in [1.54, 1.807) is 0 Å². The molecule has 0 aromatic heterocycles. The molecule has 1 aliphatic carbocycles. The molecule has 1 heterocycles. The van der Waals surface area contributed by atoms with Gasteiger partial charge in [-0.2, -0.15) is 11.8 Å². The summed E-state index contributed by atoms with van der Waals surface area (Å²) in [5.41, 5.74) is 0. The molecule has 2 unspecified atom stereocenters. The van der Waals surface area contributed by atoms with Gasteiger partial charge in [0.15, 0.2) is 0 Å². The van der Waals surface area contributed by atoms with Crippen LogP contribution < -0.4 is 5.32 Å². The third-order valence-corrected chi connectivity index (χ3v) is 4.72. The highest BCUT2D eigenvalue weighted by molar-refractivity contribution is 7.98. The second-order valence-electron chi connectivity index (χ2n) is 5.26. The van der Waals surface area contributed by atoms with E-state index in [-0.39, 0.29) is 0 Å². The highest BCUT2D eigenvalue weighted by Gasteiger charge is 2.34. The zero-order valence-electron chi connectivity index (χ0n) is 10.7. The SMILES string of the molecule is CCC(CSC)N1CCCNC(C2CC2)C1. The van der Waals surface area contributed by atoms with Gasteiger partial charge in [-0.1, -0.05) is 6.92 Å². The van der Waals surface area contributed by atoms with Crippen LogP contribution in [0.1, 0.15) is 32.6 Å². The minimum absolute atomic E-state index is 0.790. The molecule has 2 nitrogen and oxygen atoms in total. The molecule has 1 saturated heterocycles. The average molecular weight is 242 g/mol. The van der Waals surface area contributed by atoms with Gasteiger partial charge in [0.05, 0.1) is 0 Å². The number of hydrogen-bond donors (Lipinski definition) is 1. The van der Waals surface area contributed by atoms with Gasteiger partial charge in [0.1, 0.15) is 0 Å². The van der Waals surface area contributed by atoms with Gasteiger partial charge < -0.3 is 5.32 Å². The van der Waals surface area contributed by atoms with Crippen LogP contribution in [-0.2, 0) is 0 Å². The number of rotatable bonds is 5. The smallest absolute Gasteiger partial charge is 0.0223 e. The second kappa shape index (κ2) is 6.27. The zero-order valence-corrected chi connectivity index (χ0v) is 11.6. The van der Waals surface area contributed by atoms with Crippen molar-refractivity contribution in [1.82, 2.24) is 10.2 Å². The van der Waals surface area contributed by atoms with Crippen molar-refractivity contribution >= 4 is 11.8 Å². The summed E-state index contributed by atoms with van der Waals surface area (Å²) in [7, 11) is 0. The minimum atomic E-state index is 0.790. The van der Waals surface area contributed by atoms with E-state index in [2.05, 4.69) is 23.4 Å². The first-order valence-electron chi connectivity index (χ1n) is 6.81. The summed E-state index contributed by atoms with van der Waals surface area (Å²) in [5, 5.41) is 3.75. The molecule has 2 atom stereocenters. The molecule has 1 N–H and O–H groups in total. The molecule has 0 aromatic rings. The number of nitrogens with zero attached hydrogens (tertiary/aromatic N) is 1. The van der Waals surface area contributed by atoms with E-state index in [9.17, 15) is 0 Å². The lowest BCUT2D eigenvalue weighted by atomic mass is 10.1. The third-order valence-electron chi connectivity index (χ3n) is 4.00. The molecule has 94 valence electrons. The first-order valence-corrected chi connectivity index (χ1v) is 8.21. The largest absolute Gasteiger partial charge is 0.312 e. The molecular weight excluding hydrogens is 216 g/mol. The molecule has 0 bridgehead atoms. The Bertz CT molecular complexity index is 206. The fraction of sp³-hybridized carbons (Fsp3) is 1.00. The van der Waals surface area contributed by atoms with E-state index in [1.165, 1.54) is 51.1 Å². The standard InChI is InChI=1S/C13H26N2S/c1-3-12(10-16-2)15-8-4-7-14-13(9-15)11-5-6-11/h11-14H,3-10H2,1-2H3. The monoisotopic (exact) mass is 242 g/mol. The van der Waals surface area contributed by atoms with E-state index in [0.717, 1.165) is 18.0 Å². The summed E-state index contributed by atoms with van der Waals surface area (Å²) in [6.07, 6.45) is 7.79. The normalized spacial score (nSPS) is 30.0. The molecule has 0 spiro atoms. The average Bonchev–Trinajstić information content (AvgIpc) is 3.10. The summed E-state index contributed by atoms with van der Waals surface area (Å²) in [6, 6.07) is 1.59. The molecule has 1 saturated carbocycles. The Hall–Kier alpha value is 0.270. The number of nitrogens with one attached hydrogen (secondary N) is 1. The quantitative estimate of drug-likeness (QED) is 0.796. The predicted octanol–water partition coefficient (Wildman–Crippen LogP) is 2.20. The Balaban J connectivity index is 1.89. The van der Waals surface area contributed by atoms with Gasteiger partial charge in [-0.15, -0.1) is 0 Å². The highest BCUT2D eigenvalue weighted by atomic mass is 32.2. The van der Waals surface area contributed by atoms with Crippen molar-refractivity contribution in [2.45, 2.75) is 44.7 Å². The molecule has 2 fully saturated rings. The molecule has 2 rings (SSSR count). The molecule has 0 radical (unpaired) electrons. The van der Waals surface area contributed by atoms with Crippen LogP contribution in [0.2, 0.25) is 0 Å². The van der Waals surface area contributed by atoms with Crippen LogP contribution in [0.3, 0.4) is 0 Å². The van der Waals surface area contributed by atoms with Gasteiger partial charge in [0.25, 0.3) is 0 Å². The fourth-order valence-electron chi connectivity index (χ4n) is 2.80. The van der Waals surface area contributed by atoms with Crippen molar-refractivity contribution in [3.8, 4) is 0 Å². The minimum Gasteiger partial charge on any atom is -0.312 e. The van der Waals surface area contributed by atoms with Crippen LogP contribution in [0.25, 0.3) is 0 Å². The lowest BCUT2D eigenvalue weighted by Crippen LogP contribution is -2.44. The highest BCUT2D eigenvalue weighted by Crippen LogP contribution is 2.34. The Kier molecular flexibility index (Phi) is 4.98. The molecule has 0 aromatic carbocycles. The van der Waals surface area contributed by atoms with Crippen LogP contribution in [-0.4, -0.2) is 48.6 Å². The summed E-state index contributed by atoms with van der Waals surface area (Å²) in [5.74, 6) is 2.29. The van der Waals surface area contributed by atoms with Gasteiger partial charge in [-0.25, -0.2) is 0 Å². The maximum atomic E-state index is 3.75.